The van der Waals surface area contributed by atoms with Crippen molar-refractivity contribution in [3.8, 4) is 17.3 Å². The fourth-order valence-corrected chi connectivity index (χ4v) is 4.43. The van der Waals surface area contributed by atoms with Gasteiger partial charge in [0.05, 0.1) is 23.9 Å². The molecule has 190 valence electrons. The maximum Gasteiger partial charge on any atom is 0.449 e. The van der Waals surface area contributed by atoms with Gasteiger partial charge in [0.1, 0.15) is 22.9 Å². The average molecular weight is 513 g/mol. The van der Waals surface area contributed by atoms with Crippen LogP contribution in [0.25, 0.3) is 22.3 Å². The molecule has 2 atom stereocenters. The summed E-state index contributed by atoms with van der Waals surface area (Å²) < 4.78 is 63.9. The Morgan fingerprint density at radius 2 is 1.95 bits per heavy atom. The molecule has 0 N–H and O–H groups in total. The molecule has 1 saturated heterocycles. The van der Waals surface area contributed by atoms with E-state index < -0.39 is 28.9 Å². The van der Waals surface area contributed by atoms with E-state index in [-0.39, 0.29) is 40.2 Å². The molecule has 37 heavy (non-hydrogen) atoms. The molecule has 3 aromatic heterocycles. The predicted molar refractivity (Wildman–Crippen MR) is 122 cm³/mol. The second-order valence-corrected chi connectivity index (χ2v) is 8.76. The smallest absolute Gasteiger partial charge is 0.373 e. The van der Waals surface area contributed by atoms with Crippen molar-refractivity contribution in [2.75, 3.05) is 6.61 Å². The molecule has 0 spiro atoms. The molecule has 0 bridgehead atoms. The first-order chi connectivity index (χ1) is 17.6. The van der Waals surface area contributed by atoms with E-state index in [1.54, 1.807) is 24.0 Å². The lowest BCUT2D eigenvalue weighted by molar-refractivity contribution is -0.147. The Hall–Kier alpha value is -4.18. The van der Waals surface area contributed by atoms with Crippen LogP contribution in [0.5, 0.6) is 0 Å². The van der Waals surface area contributed by atoms with Crippen molar-refractivity contribution in [1.29, 1.82) is 5.26 Å². The van der Waals surface area contributed by atoms with Gasteiger partial charge in [-0.25, -0.2) is 19.3 Å². The Bertz CT molecular complexity index is 1620. The van der Waals surface area contributed by atoms with Crippen LogP contribution in [0, 0.1) is 17.1 Å². The van der Waals surface area contributed by atoms with E-state index in [1.165, 1.54) is 12.1 Å². The van der Waals surface area contributed by atoms with Gasteiger partial charge in [0, 0.05) is 43.9 Å². The van der Waals surface area contributed by atoms with Gasteiger partial charge in [-0.2, -0.15) is 23.5 Å². The van der Waals surface area contributed by atoms with Gasteiger partial charge in [-0.15, -0.1) is 0 Å². The number of ether oxygens (including phenoxy) is 1. The van der Waals surface area contributed by atoms with E-state index in [4.69, 9.17) is 10.00 Å². The zero-order valence-corrected chi connectivity index (χ0v) is 19.6. The maximum atomic E-state index is 15.1. The first-order valence-electron chi connectivity index (χ1n) is 11.2. The number of aromatic nitrogens is 6. The zero-order valence-electron chi connectivity index (χ0n) is 19.6. The van der Waals surface area contributed by atoms with Crippen LogP contribution < -0.4 is 5.56 Å². The van der Waals surface area contributed by atoms with Gasteiger partial charge in [-0.1, -0.05) is 0 Å². The summed E-state index contributed by atoms with van der Waals surface area (Å²) in [6, 6.07) is 5.29. The van der Waals surface area contributed by atoms with Crippen molar-refractivity contribution in [2.24, 2.45) is 14.1 Å². The summed E-state index contributed by atoms with van der Waals surface area (Å²) in [6.07, 6.45) is -0.907. The van der Waals surface area contributed by atoms with E-state index in [0.717, 1.165) is 18.7 Å². The molecule has 1 aliphatic rings. The molecule has 0 aliphatic carbocycles. The zero-order chi connectivity index (χ0) is 26.5. The molecule has 13 heteroatoms. The first kappa shape index (κ1) is 24.5. The number of rotatable bonds is 3. The molecule has 4 aromatic rings. The SMILES string of the molecule is Cn1cc([C@@H]2C[C@H](c3nc(-c4ccc(C#N)cc4F)c4nc(C(F)(F)F)n(C)c(=O)c4n3)CCO2)cn1. The number of fused-ring (bicyclic) bond motifs is 1. The van der Waals surface area contributed by atoms with E-state index in [1.807, 2.05) is 6.20 Å². The maximum absolute atomic E-state index is 15.1. The molecular formula is C24H19F4N7O2. The summed E-state index contributed by atoms with van der Waals surface area (Å²) in [5.74, 6) is -2.52. The molecule has 0 radical (unpaired) electrons. The minimum atomic E-state index is -4.95. The fraction of sp³-hybridized carbons (Fsp3) is 0.333. The molecule has 4 heterocycles. The van der Waals surface area contributed by atoms with Gasteiger partial charge < -0.3 is 4.74 Å². The summed E-state index contributed by atoms with van der Waals surface area (Å²) in [4.78, 5) is 25.5. The van der Waals surface area contributed by atoms with Crippen LogP contribution in [0.4, 0.5) is 17.6 Å². The topological polar surface area (TPSA) is 112 Å². The van der Waals surface area contributed by atoms with E-state index in [9.17, 15) is 18.0 Å². The number of halogens is 4. The Labute approximate surface area is 207 Å². The number of benzene rings is 1. The summed E-state index contributed by atoms with van der Waals surface area (Å²) >= 11 is 0. The molecule has 0 unspecified atom stereocenters. The van der Waals surface area contributed by atoms with E-state index >= 15 is 4.39 Å². The highest BCUT2D eigenvalue weighted by Crippen LogP contribution is 2.38. The normalized spacial score (nSPS) is 18.2. The van der Waals surface area contributed by atoms with Gasteiger partial charge in [-0.3, -0.25) is 14.0 Å². The third kappa shape index (κ3) is 4.44. The monoisotopic (exact) mass is 513 g/mol. The third-order valence-electron chi connectivity index (χ3n) is 6.30. The highest BCUT2D eigenvalue weighted by Gasteiger charge is 2.38. The minimum Gasteiger partial charge on any atom is -0.373 e. The quantitative estimate of drug-likeness (QED) is 0.383. The third-order valence-corrected chi connectivity index (χ3v) is 6.30. The van der Waals surface area contributed by atoms with Crippen molar-refractivity contribution in [2.45, 2.75) is 31.0 Å². The standard InChI is InChI=1S/C24H19F4N7O2/c1-34-11-14(10-30-34)17-8-13(5-6-37-17)21-31-18(15-4-3-12(9-29)7-16(15)25)19-20(32-21)22(36)35(2)23(33-19)24(26,27)28/h3-4,7,10-11,13,17H,5-6,8H2,1-2H3/t13-,17+/m1/s1. The van der Waals surface area contributed by atoms with Crippen molar-refractivity contribution >= 4 is 11.0 Å². The van der Waals surface area contributed by atoms with Gasteiger partial charge in [0.2, 0.25) is 5.82 Å². The van der Waals surface area contributed by atoms with Crippen molar-refractivity contribution in [3.05, 3.63) is 69.5 Å². The Morgan fingerprint density at radius 1 is 1.16 bits per heavy atom. The Kier molecular flexibility index (Phi) is 5.99. The molecule has 0 saturated carbocycles. The Morgan fingerprint density at radius 3 is 2.59 bits per heavy atom. The number of alkyl halides is 3. The summed E-state index contributed by atoms with van der Waals surface area (Å²) in [7, 11) is 2.72. The van der Waals surface area contributed by atoms with E-state index in [2.05, 4.69) is 20.1 Å². The first-order valence-corrected chi connectivity index (χ1v) is 11.2. The lowest BCUT2D eigenvalue weighted by Gasteiger charge is -2.28. The summed E-state index contributed by atoms with van der Waals surface area (Å²) in [5.41, 5.74) is -1.47. The van der Waals surface area contributed by atoms with Crippen LogP contribution in [0.1, 0.15) is 47.6 Å². The van der Waals surface area contributed by atoms with Crippen molar-refractivity contribution < 1.29 is 22.3 Å². The Balaban J connectivity index is 1.72. The van der Waals surface area contributed by atoms with Crippen molar-refractivity contribution in [1.82, 2.24) is 29.3 Å². The number of hydrogen-bond donors (Lipinski definition) is 0. The van der Waals surface area contributed by atoms with Gasteiger partial charge in [0.25, 0.3) is 5.56 Å². The van der Waals surface area contributed by atoms with Crippen LogP contribution in [0.3, 0.4) is 0 Å². The average Bonchev–Trinajstić information content (AvgIpc) is 3.31. The predicted octanol–water partition coefficient (Wildman–Crippen LogP) is 3.79. The molecule has 1 aromatic carbocycles. The molecule has 0 amide bonds. The van der Waals surface area contributed by atoms with Gasteiger partial charge in [0.15, 0.2) is 5.52 Å². The molecule has 1 aliphatic heterocycles. The largest absolute Gasteiger partial charge is 0.449 e. The van der Waals surface area contributed by atoms with Crippen LogP contribution in [-0.2, 0) is 25.0 Å². The second kappa shape index (κ2) is 9.04. The summed E-state index contributed by atoms with van der Waals surface area (Å²) in [6.45, 7) is 0.343. The van der Waals surface area contributed by atoms with Gasteiger partial charge in [-0.05, 0) is 31.0 Å². The number of hydrogen-bond acceptors (Lipinski definition) is 7. The molecule has 5 rings (SSSR count). The van der Waals surface area contributed by atoms with Gasteiger partial charge >= 0.3 is 6.18 Å². The highest BCUT2D eigenvalue weighted by molar-refractivity contribution is 5.88. The minimum absolute atomic E-state index is 0.0171. The number of aryl methyl sites for hydroxylation is 1. The molecule has 1 fully saturated rings. The van der Waals surface area contributed by atoms with E-state index in [0.29, 0.717) is 24.0 Å². The molecular weight excluding hydrogens is 494 g/mol. The lowest BCUT2D eigenvalue weighted by atomic mass is 9.92. The number of nitrogens with zero attached hydrogens (tertiary/aromatic N) is 7. The molecule has 9 nitrogen and oxygen atoms in total. The lowest BCUT2D eigenvalue weighted by Crippen LogP contribution is -2.29. The van der Waals surface area contributed by atoms with Crippen LogP contribution >= 0.6 is 0 Å². The summed E-state index contributed by atoms with van der Waals surface area (Å²) in [5, 5.41) is 13.2. The number of nitriles is 1. The highest BCUT2D eigenvalue weighted by atomic mass is 19.4. The van der Waals surface area contributed by atoms with Crippen molar-refractivity contribution in [3.63, 3.8) is 0 Å². The fourth-order valence-electron chi connectivity index (χ4n) is 4.43. The van der Waals surface area contributed by atoms with Crippen LogP contribution in [0.2, 0.25) is 0 Å². The second-order valence-electron chi connectivity index (χ2n) is 8.76. The van der Waals surface area contributed by atoms with Crippen LogP contribution in [0.15, 0.2) is 35.4 Å². The van der Waals surface area contributed by atoms with Crippen LogP contribution in [-0.4, -0.2) is 35.9 Å².